The minimum Gasteiger partial charge on any atom is -0.310 e. The van der Waals surface area contributed by atoms with Crippen LogP contribution in [0.5, 0.6) is 0 Å². The monoisotopic (exact) mass is 858 g/mol. The second-order valence-corrected chi connectivity index (χ2v) is 17.4. The highest BCUT2D eigenvalue weighted by Gasteiger charge is 2.35. The second-order valence-electron chi connectivity index (χ2n) is 15.5. The van der Waals surface area contributed by atoms with Crippen LogP contribution < -0.4 is 9.80 Å². The smallest absolute Gasteiger partial charge is 0.238 e. The summed E-state index contributed by atoms with van der Waals surface area (Å²) in [6.07, 6.45) is 0. The van der Waals surface area contributed by atoms with E-state index in [9.17, 15) is 0 Å². The van der Waals surface area contributed by atoms with Crippen LogP contribution in [-0.4, -0.2) is 28.4 Å². The molecule has 9 heteroatoms. The summed E-state index contributed by atoms with van der Waals surface area (Å²) >= 11 is 0. The molecular weight excluding hydrogens is 821 g/mol. The number of rotatable bonds is 10. The van der Waals surface area contributed by atoms with Crippen LogP contribution in [-0.2, 0) is 9.84 Å². The Morgan fingerprint density at radius 2 is 0.677 bits per heavy atom. The largest absolute Gasteiger partial charge is 0.310 e. The number of hydrogen-bond donors (Lipinski definition) is 0. The van der Waals surface area contributed by atoms with Gasteiger partial charge in [-0.15, -0.1) is 0 Å². The Hall–Kier alpha value is -8.53. The first-order valence-electron chi connectivity index (χ1n) is 21.2. The minimum atomic E-state index is -4.03. The third kappa shape index (κ3) is 7.49. The number of fused-ring (bicyclic) bond motifs is 3. The fraction of sp³-hybridized carbons (Fsp3) is 0. The maximum Gasteiger partial charge on any atom is 0.238 e. The lowest BCUT2D eigenvalue weighted by Gasteiger charge is -2.25. The van der Waals surface area contributed by atoms with Crippen LogP contribution in [0.1, 0.15) is 0 Å². The summed E-state index contributed by atoms with van der Waals surface area (Å²) in [7, 11) is -4.03. The Kier molecular flexibility index (Phi) is 10.1. The van der Waals surface area contributed by atoms with Crippen molar-refractivity contribution in [2.24, 2.45) is 0 Å². The first-order chi connectivity index (χ1) is 32.0. The number of aromatic nitrogens is 4. The molecule has 0 saturated heterocycles. The van der Waals surface area contributed by atoms with Gasteiger partial charge in [-0.3, -0.25) is 4.90 Å². The summed E-state index contributed by atoms with van der Waals surface area (Å²) in [6.45, 7) is 0. The zero-order valence-electron chi connectivity index (χ0n) is 34.8. The summed E-state index contributed by atoms with van der Waals surface area (Å²) in [6, 6.07) is 74.8. The minimum absolute atomic E-state index is 0.194. The highest BCUT2D eigenvalue weighted by atomic mass is 32.2. The number of benzene rings is 8. The zero-order chi connectivity index (χ0) is 43.7. The molecule has 0 amide bonds. The number of pyridine rings is 1. The fourth-order valence-electron chi connectivity index (χ4n) is 8.35. The quantitative estimate of drug-likeness (QED) is 0.134. The topological polar surface area (TPSA) is 92.2 Å². The van der Waals surface area contributed by atoms with E-state index >= 15 is 8.42 Å². The van der Waals surface area contributed by atoms with Crippen LogP contribution in [0.3, 0.4) is 0 Å². The lowest BCUT2D eigenvalue weighted by Crippen LogP contribution is -2.16. The Bertz CT molecular complexity index is 3150. The maximum atomic E-state index is 15.0. The van der Waals surface area contributed by atoms with E-state index in [1.165, 1.54) is 0 Å². The van der Waals surface area contributed by atoms with Gasteiger partial charge in [0.2, 0.25) is 15.8 Å². The predicted octanol–water partition coefficient (Wildman–Crippen LogP) is 13.7. The predicted molar refractivity (Wildman–Crippen MR) is 260 cm³/mol. The van der Waals surface area contributed by atoms with E-state index in [4.69, 9.17) is 19.9 Å². The molecule has 8 aromatic carbocycles. The Morgan fingerprint density at radius 1 is 0.308 bits per heavy atom. The summed E-state index contributed by atoms with van der Waals surface area (Å²) in [5.74, 6) is 1.24. The van der Waals surface area contributed by atoms with Crippen molar-refractivity contribution >= 4 is 44.2 Å². The maximum absolute atomic E-state index is 15.0. The third-order valence-corrected chi connectivity index (χ3v) is 13.3. The molecule has 65 heavy (non-hydrogen) atoms. The molecule has 0 N–H and O–H groups in total. The molecule has 0 bridgehead atoms. The van der Waals surface area contributed by atoms with Gasteiger partial charge in [0, 0.05) is 50.4 Å². The van der Waals surface area contributed by atoms with Gasteiger partial charge < -0.3 is 4.90 Å². The van der Waals surface area contributed by atoms with Gasteiger partial charge in [0.05, 0.1) is 32.6 Å². The summed E-state index contributed by atoms with van der Waals surface area (Å²) < 4.78 is 30.1. The van der Waals surface area contributed by atoms with E-state index in [1.807, 2.05) is 223 Å². The van der Waals surface area contributed by atoms with Crippen LogP contribution in [0, 0.1) is 0 Å². The second kappa shape index (κ2) is 16.6. The van der Waals surface area contributed by atoms with Crippen LogP contribution >= 0.6 is 0 Å². The van der Waals surface area contributed by atoms with Gasteiger partial charge in [-0.1, -0.05) is 170 Å². The first kappa shape index (κ1) is 39.3. The molecule has 1 aliphatic heterocycles. The van der Waals surface area contributed by atoms with Crippen LogP contribution in [0.2, 0.25) is 0 Å². The van der Waals surface area contributed by atoms with Crippen LogP contribution in [0.4, 0.5) is 34.4 Å². The van der Waals surface area contributed by atoms with Crippen molar-refractivity contribution < 1.29 is 8.42 Å². The summed E-state index contributed by atoms with van der Waals surface area (Å²) in [5.41, 5.74) is 9.93. The van der Waals surface area contributed by atoms with Gasteiger partial charge in [0.1, 0.15) is 0 Å². The molecule has 11 rings (SSSR count). The van der Waals surface area contributed by atoms with Gasteiger partial charge in [-0.25, -0.2) is 18.4 Å². The number of hydrogen-bond acceptors (Lipinski definition) is 8. The standard InChI is InChI=1S/C56H38N6O2S/c63-65(64)52-37-45(61(43-27-15-5-16-28-43)44-29-17-6-18-30-44)31-33-48(52)49-34-32-46(38-53(49)65)62(47-35-50(39-19-7-1-8-20-39)57-51(36-47)40-21-9-2-10-22-40)56-59-54(41-23-11-3-12-24-41)58-55(60-56)42-25-13-4-14-26-42/h1-38H. The molecule has 0 spiro atoms. The van der Waals surface area contributed by atoms with Gasteiger partial charge in [-0.2, -0.15) is 9.97 Å². The molecule has 0 radical (unpaired) electrons. The van der Waals surface area contributed by atoms with Gasteiger partial charge in [0.25, 0.3) is 0 Å². The number of sulfone groups is 1. The van der Waals surface area contributed by atoms with Gasteiger partial charge in [-0.05, 0) is 60.7 Å². The first-order valence-corrected chi connectivity index (χ1v) is 22.7. The van der Waals surface area contributed by atoms with Crippen molar-refractivity contribution in [2.45, 2.75) is 9.79 Å². The van der Waals surface area contributed by atoms with Crippen molar-refractivity contribution in [1.29, 1.82) is 0 Å². The normalized spacial score (nSPS) is 12.2. The summed E-state index contributed by atoms with van der Waals surface area (Å²) in [5, 5.41) is 0. The fourth-order valence-corrected chi connectivity index (χ4v) is 10.1. The van der Waals surface area contributed by atoms with Gasteiger partial charge in [0.15, 0.2) is 11.6 Å². The number of anilines is 6. The zero-order valence-corrected chi connectivity index (χ0v) is 35.7. The molecule has 0 unspecified atom stereocenters. The Labute approximate surface area is 377 Å². The van der Waals surface area contributed by atoms with E-state index < -0.39 is 9.84 Å². The van der Waals surface area contributed by atoms with Crippen molar-refractivity contribution in [2.75, 3.05) is 9.80 Å². The molecule has 1 aliphatic rings. The summed E-state index contributed by atoms with van der Waals surface area (Å²) in [4.78, 5) is 24.9. The molecule has 0 aliphatic carbocycles. The van der Waals surface area contributed by atoms with Crippen molar-refractivity contribution in [1.82, 2.24) is 19.9 Å². The Balaban J connectivity index is 1.12. The SMILES string of the molecule is O=S1(=O)c2cc(N(c3ccccc3)c3ccccc3)ccc2-c2ccc(N(c3cc(-c4ccccc4)nc(-c4ccccc4)c3)c3nc(-c4ccccc4)nc(-c4ccccc4)n3)cc21. The lowest BCUT2D eigenvalue weighted by molar-refractivity contribution is 0.598. The molecule has 0 saturated carbocycles. The average molecular weight is 859 g/mol. The van der Waals surface area contributed by atoms with E-state index in [0.29, 0.717) is 40.1 Å². The van der Waals surface area contributed by atoms with Gasteiger partial charge >= 0.3 is 0 Å². The van der Waals surface area contributed by atoms with E-state index in [-0.39, 0.29) is 9.79 Å². The lowest BCUT2D eigenvalue weighted by atomic mass is 10.0. The molecule has 3 heterocycles. The molecule has 2 aromatic heterocycles. The third-order valence-electron chi connectivity index (χ3n) is 11.4. The molecule has 8 nitrogen and oxygen atoms in total. The van der Waals surface area contributed by atoms with E-state index in [2.05, 4.69) is 4.90 Å². The molecule has 10 aromatic rings. The van der Waals surface area contributed by atoms with Crippen molar-refractivity contribution in [3.05, 3.63) is 231 Å². The average Bonchev–Trinajstić information content (AvgIpc) is 3.60. The van der Waals surface area contributed by atoms with E-state index in [1.54, 1.807) is 12.1 Å². The van der Waals surface area contributed by atoms with Crippen LogP contribution in [0.25, 0.3) is 56.4 Å². The highest BCUT2D eigenvalue weighted by Crippen LogP contribution is 2.49. The van der Waals surface area contributed by atoms with Crippen molar-refractivity contribution in [3.63, 3.8) is 0 Å². The molecule has 0 atom stereocenters. The van der Waals surface area contributed by atoms with Crippen molar-refractivity contribution in [3.8, 4) is 56.4 Å². The molecule has 310 valence electrons. The van der Waals surface area contributed by atoms with E-state index in [0.717, 1.165) is 50.7 Å². The molecule has 0 fully saturated rings. The number of nitrogens with zero attached hydrogens (tertiary/aromatic N) is 6. The molecular formula is C56H38N6O2S. The Morgan fingerprint density at radius 3 is 1.09 bits per heavy atom. The van der Waals surface area contributed by atoms with Crippen LogP contribution in [0.15, 0.2) is 240 Å². The highest BCUT2D eigenvalue weighted by molar-refractivity contribution is 7.92. The number of para-hydroxylation sites is 2.